The van der Waals surface area contributed by atoms with Gasteiger partial charge in [0.05, 0.1) is 23.5 Å². The number of aryl methyl sites for hydroxylation is 1. The molecule has 0 saturated carbocycles. The Balaban J connectivity index is 1.90. The lowest BCUT2D eigenvalue weighted by Gasteiger charge is -2.20. The first-order valence-electron chi connectivity index (χ1n) is 10.6. The molecule has 0 aliphatic carbocycles. The first-order valence-corrected chi connectivity index (χ1v) is 10.6. The van der Waals surface area contributed by atoms with Crippen LogP contribution in [0.4, 0.5) is 13.2 Å². The van der Waals surface area contributed by atoms with E-state index in [2.05, 4.69) is 11.1 Å². The summed E-state index contributed by atoms with van der Waals surface area (Å²) < 4.78 is 51.5. The number of hydrogen-bond acceptors (Lipinski definition) is 7. The highest BCUT2D eigenvalue weighted by molar-refractivity contribution is 5.94. The number of carbonyl (C=O) groups excluding carboxylic acids is 1. The van der Waals surface area contributed by atoms with E-state index in [1.807, 2.05) is 0 Å². The Morgan fingerprint density at radius 2 is 1.95 bits per heavy atom. The minimum absolute atomic E-state index is 0.0358. The molecule has 9 nitrogen and oxygen atoms in total. The number of alkyl halides is 3. The number of fused-ring (bicyclic) bond motifs is 1. The predicted octanol–water partition coefficient (Wildman–Crippen LogP) is 2.19. The summed E-state index contributed by atoms with van der Waals surface area (Å²) in [6.07, 6.45) is -1.39. The molecule has 2 aromatic heterocycles. The number of halogens is 3. The lowest BCUT2D eigenvalue weighted by Crippen LogP contribution is -2.40. The number of carbonyl (C=O) groups is 1. The predicted molar refractivity (Wildman–Crippen MR) is 123 cm³/mol. The number of aromatic nitrogens is 3. The third kappa shape index (κ3) is 4.71. The molecular weight excluding hydrogens is 495 g/mol. The van der Waals surface area contributed by atoms with Gasteiger partial charge in [-0.05, 0) is 37.3 Å². The molecule has 1 unspecified atom stereocenters. The van der Waals surface area contributed by atoms with E-state index < -0.39 is 35.2 Å². The zero-order valence-corrected chi connectivity index (χ0v) is 19.3. The maximum atomic E-state index is 13.2. The van der Waals surface area contributed by atoms with Crippen LogP contribution < -0.4 is 21.1 Å². The second-order valence-electron chi connectivity index (χ2n) is 8.09. The molecule has 0 spiro atoms. The number of benzene rings is 2. The average Bonchev–Trinajstić information content (AvgIpc) is 3.24. The van der Waals surface area contributed by atoms with Crippen LogP contribution in [0.15, 0.2) is 56.6 Å². The molecule has 0 saturated heterocycles. The highest BCUT2D eigenvalue weighted by Crippen LogP contribution is 2.36. The number of aliphatic carboxylic acids is 1. The van der Waals surface area contributed by atoms with Gasteiger partial charge < -0.3 is 19.2 Å². The van der Waals surface area contributed by atoms with Gasteiger partial charge in [0.15, 0.2) is 5.58 Å². The lowest BCUT2D eigenvalue weighted by molar-refractivity contribution is -0.313. The summed E-state index contributed by atoms with van der Waals surface area (Å²) in [5.74, 6) is 0.781. The number of hydrogen-bond donors (Lipinski definition) is 0. The van der Waals surface area contributed by atoms with Gasteiger partial charge in [-0.15, -0.1) is 12.3 Å². The molecule has 0 radical (unpaired) electrons. The quantitative estimate of drug-likeness (QED) is 0.363. The second-order valence-corrected chi connectivity index (χ2v) is 8.09. The molecule has 4 rings (SSSR count). The van der Waals surface area contributed by atoms with Crippen LogP contribution in [-0.2, 0) is 18.0 Å². The molecule has 0 amide bonds. The van der Waals surface area contributed by atoms with Crippen molar-refractivity contribution in [3.8, 4) is 35.0 Å². The molecule has 0 N–H and O–H groups in total. The van der Waals surface area contributed by atoms with Gasteiger partial charge in [-0.25, -0.2) is 9.36 Å². The minimum Gasteiger partial charge on any atom is -0.546 e. The maximum Gasteiger partial charge on any atom is 0.431 e. The summed E-state index contributed by atoms with van der Waals surface area (Å²) in [4.78, 5) is 36.7. The fraction of sp³-hybridized carbons (Fsp3) is 0.200. The van der Waals surface area contributed by atoms with Gasteiger partial charge in [0, 0.05) is 18.7 Å². The molecule has 0 bridgehead atoms. The van der Waals surface area contributed by atoms with Gasteiger partial charge in [0.25, 0.3) is 5.56 Å². The molecule has 1 atom stereocenters. The van der Waals surface area contributed by atoms with Gasteiger partial charge in [-0.2, -0.15) is 13.2 Å². The van der Waals surface area contributed by atoms with Crippen LogP contribution in [0.2, 0.25) is 0 Å². The smallest absolute Gasteiger partial charge is 0.431 e. The van der Waals surface area contributed by atoms with Crippen molar-refractivity contribution in [2.75, 3.05) is 0 Å². The fourth-order valence-electron chi connectivity index (χ4n) is 3.76. The van der Waals surface area contributed by atoms with Crippen LogP contribution in [0.25, 0.3) is 27.9 Å². The zero-order chi connectivity index (χ0) is 27.1. The first kappa shape index (κ1) is 25.3. The van der Waals surface area contributed by atoms with Gasteiger partial charge >= 0.3 is 11.9 Å². The number of terminal acetylenes is 1. The van der Waals surface area contributed by atoms with E-state index >= 15 is 0 Å². The van der Waals surface area contributed by atoms with E-state index in [1.165, 1.54) is 24.3 Å². The van der Waals surface area contributed by atoms with Crippen LogP contribution in [0.5, 0.6) is 5.75 Å². The monoisotopic (exact) mass is 512 g/mol. The summed E-state index contributed by atoms with van der Waals surface area (Å²) in [6, 6.07) is 9.21. The molecular formula is C25H17F3N3O6-. The molecule has 12 heteroatoms. The van der Waals surface area contributed by atoms with Crippen molar-refractivity contribution in [2.24, 2.45) is 7.05 Å². The van der Waals surface area contributed by atoms with Crippen molar-refractivity contribution >= 4 is 16.9 Å². The summed E-state index contributed by atoms with van der Waals surface area (Å²) in [5.41, 5.74) is -2.35. The summed E-state index contributed by atoms with van der Waals surface area (Å²) >= 11 is 0. The number of carboxylic acid groups (broad SMARTS) is 1. The van der Waals surface area contributed by atoms with Crippen molar-refractivity contribution in [3.63, 3.8) is 0 Å². The Hall–Kier alpha value is -4.79. The normalized spacial score (nSPS) is 12.3. The van der Waals surface area contributed by atoms with Crippen LogP contribution in [0, 0.1) is 19.3 Å². The van der Waals surface area contributed by atoms with E-state index in [9.17, 15) is 32.7 Å². The number of rotatable bonds is 6. The van der Waals surface area contributed by atoms with E-state index in [1.54, 1.807) is 19.1 Å². The third-order valence-corrected chi connectivity index (χ3v) is 5.55. The number of ether oxygens (including phenoxy) is 1. The van der Waals surface area contributed by atoms with E-state index in [-0.39, 0.29) is 34.5 Å². The van der Waals surface area contributed by atoms with Crippen molar-refractivity contribution in [1.82, 2.24) is 14.3 Å². The van der Waals surface area contributed by atoms with Gasteiger partial charge in [0.1, 0.15) is 23.2 Å². The molecule has 37 heavy (non-hydrogen) atoms. The van der Waals surface area contributed by atoms with Crippen molar-refractivity contribution in [3.05, 3.63) is 74.6 Å². The topological polar surface area (TPSA) is 119 Å². The molecule has 0 fully saturated rings. The average molecular weight is 512 g/mol. The van der Waals surface area contributed by atoms with Gasteiger partial charge in [0.2, 0.25) is 0 Å². The Labute approximate surface area is 206 Å². The lowest BCUT2D eigenvalue weighted by atomic mass is 10.0. The third-order valence-electron chi connectivity index (χ3n) is 5.55. The van der Waals surface area contributed by atoms with E-state index in [4.69, 9.17) is 15.7 Å². The Kier molecular flexibility index (Phi) is 6.39. The molecule has 190 valence electrons. The highest BCUT2D eigenvalue weighted by Gasteiger charge is 2.35. The maximum absolute atomic E-state index is 13.2. The molecule has 0 aliphatic rings. The number of carboxylic acids is 1. The van der Waals surface area contributed by atoms with Gasteiger partial charge in [-0.3, -0.25) is 9.36 Å². The molecule has 4 aromatic rings. The summed E-state index contributed by atoms with van der Waals surface area (Å²) in [5, 5.41) is 15.8. The second kappa shape index (κ2) is 9.34. The highest BCUT2D eigenvalue weighted by atomic mass is 19.4. The molecule has 2 heterocycles. The standard InChI is InChI=1S/C25H18F3N3O6/c1-4-5-19(23(33)34)36-17-8-6-13(2)10-15(17)22-16-11-14(7-9-18(16)37-29-22)31-21(32)12-20(25(26,27)28)30(3)24(31)35/h1,6-12,19H,5H2,2-3H3,(H,33,34)/p-1. The Bertz CT molecular complexity index is 1690. The first-order chi connectivity index (χ1) is 17.4. The summed E-state index contributed by atoms with van der Waals surface area (Å²) in [7, 11) is 0.907. The Morgan fingerprint density at radius 3 is 2.59 bits per heavy atom. The van der Waals surface area contributed by atoms with Crippen LogP contribution in [-0.4, -0.2) is 26.4 Å². The van der Waals surface area contributed by atoms with E-state index in [0.717, 1.165) is 12.6 Å². The minimum atomic E-state index is -4.90. The Morgan fingerprint density at radius 1 is 1.22 bits per heavy atom. The molecule has 2 aromatic carbocycles. The zero-order valence-electron chi connectivity index (χ0n) is 19.3. The largest absolute Gasteiger partial charge is 0.546 e. The van der Waals surface area contributed by atoms with Crippen LogP contribution >= 0.6 is 0 Å². The van der Waals surface area contributed by atoms with Crippen molar-refractivity contribution in [2.45, 2.75) is 25.6 Å². The van der Waals surface area contributed by atoms with Gasteiger partial charge in [-0.1, -0.05) is 16.8 Å². The van der Waals surface area contributed by atoms with E-state index in [0.29, 0.717) is 20.8 Å². The number of nitrogens with zero attached hydrogens (tertiary/aromatic N) is 3. The molecule has 0 aliphatic heterocycles. The fourth-order valence-corrected chi connectivity index (χ4v) is 3.76. The van der Waals surface area contributed by atoms with Crippen molar-refractivity contribution in [1.29, 1.82) is 0 Å². The van der Waals surface area contributed by atoms with Crippen molar-refractivity contribution < 1.29 is 32.3 Å². The van der Waals surface area contributed by atoms with Crippen LogP contribution in [0.3, 0.4) is 0 Å². The van der Waals surface area contributed by atoms with Crippen LogP contribution in [0.1, 0.15) is 17.7 Å². The SMILES string of the molecule is C#CCC(Oc1ccc(C)cc1-c1noc2ccc(-n3c(=O)cc(C(F)(F)F)n(C)c3=O)cc12)C(=O)[O-]. The summed E-state index contributed by atoms with van der Waals surface area (Å²) in [6.45, 7) is 1.77.